The van der Waals surface area contributed by atoms with Crippen LogP contribution in [0.3, 0.4) is 0 Å². The lowest BCUT2D eigenvalue weighted by molar-refractivity contribution is 0.194. The van der Waals surface area contributed by atoms with E-state index in [2.05, 4.69) is 15.6 Å². The van der Waals surface area contributed by atoms with Crippen molar-refractivity contribution in [2.75, 3.05) is 13.1 Å². The van der Waals surface area contributed by atoms with E-state index < -0.39 is 0 Å². The van der Waals surface area contributed by atoms with Gasteiger partial charge in [0.25, 0.3) is 0 Å². The first-order valence-corrected chi connectivity index (χ1v) is 7.77. The average molecular weight is 291 g/mol. The van der Waals surface area contributed by atoms with Crippen LogP contribution in [-0.2, 0) is 6.54 Å². The maximum atomic E-state index is 6.22. The van der Waals surface area contributed by atoms with Crippen LogP contribution in [-0.4, -0.2) is 30.1 Å². The first-order valence-electron chi connectivity index (χ1n) is 6.13. The van der Waals surface area contributed by atoms with E-state index in [-0.39, 0.29) is 0 Å². The largest absolute Gasteiger partial charge is 0.315 e. The summed E-state index contributed by atoms with van der Waals surface area (Å²) in [5.41, 5.74) is 1.19. The van der Waals surface area contributed by atoms with Crippen LogP contribution in [0.4, 0.5) is 0 Å². The molecule has 2 fully saturated rings. The average Bonchev–Trinajstić information content (AvgIpc) is 2.72. The van der Waals surface area contributed by atoms with Gasteiger partial charge in [-0.1, -0.05) is 23.2 Å². The van der Waals surface area contributed by atoms with Gasteiger partial charge < -0.3 is 5.32 Å². The zero-order valence-electron chi connectivity index (χ0n) is 9.59. The second-order valence-corrected chi connectivity index (χ2v) is 6.76. The minimum atomic E-state index is 0.678. The quantitative estimate of drug-likeness (QED) is 0.898. The fourth-order valence-electron chi connectivity index (χ4n) is 3.00. The van der Waals surface area contributed by atoms with Crippen LogP contribution in [0.25, 0.3) is 0 Å². The zero-order chi connectivity index (χ0) is 11.8. The van der Waals surface area contributed by atoms with Gasteiger partial charge >= 0.3 is 0 Å². The molecule has 3 rings (SSSR count). The molecule has 2 nitrogen and oxygen atoms in total. The molecule has 1 aromatic heterocycles. The molecule has 0 spiro atoms. The molecule has 2 saturated heterocycles. The lowest BCUT2D eigenvalue weighted by Crippen LogP contribution is -2.37. The van der Waals surface area contributed by atoms with Crippen molar-refractivity contribution < 1.29 is 0 Å². The highest BCUT2D eigenvalue weighted by molar-refractivity contribution is 7.15. The van der Waals surface area contributed by atoms with Gasteiger partial charge in [0.1, 0.15) is 4.34 Å². The summed E-state index contributed by atoms with van der Waals surface area (Å²) in [4.78, 5) is 2.62. The smallest absolute Gasteiger partial charge is 0.112 e. The van der Waals surface area contributed by atoms with Crippen LogP contribution in [0.5, 0.6) is 0 Å². The molecular weight excluding hydrogens is 275 g/mol. The normalized spacial score (nSPS) is 29.5. The monoisotopic (exact) mass is 290 g/mol. The summed E-state index contributed by atoms with van der Waals surface area (Å²) in [6.45, 7) is 3.22. The van der Waals surface area contributed by atoms with Gasteiger partial charge in [0.15, 0.2) is 0 Å². The van der Waals surface area contributed by atoms with Gasteiger partial charge in [0.2, 0.25) is 0 Å². The Bertz CT molecular complexity index is 393. The molecule has 0 aliphatic carbocycles. The van der Waals surface area contributed by atoms with Gasteiger partial charge in [-0.15, -0.1) is 11.3 Å². The number of nitrogens with zero attached hydrogens (tertiary/aromatic N) is 1. The summed E-state index contributed by atoms with van der Waals surface area (Å²) < 4.78 is 0.724. The highest BCUT2D eigenvalue weighted by Crippen LogP contribution is 2.36. The molecule has 1 aromatic rings. The Morgan fingerprint density at radius 2 is 2.12 bits per heavy atom. The number of hydrogen-bond donors (Lipinski definition) is 1. The first kappa shape index (κ1) is 12.2. The Balaban J connectivity index is 1.78. The molecule has 2 unspecified atom stereocenters. The van der Waals surface area contributed by atoms with Crippen LogP contribution < -0.4 is 5.32 Å². The van der Waals surface area contributed by atoms with Gasteiger partial charge in [-0.2, -0.15) is 0 Å². The van der Waals surface area contributed by atoms with E-state index in [0.717, 1.165) is 35.0 Å². The lowest BCUT2D eigenvalue weighted by atomic mass is 10.1. The molecule has 0 aromatic carbocycles. The molecular formula is C12H16Cl2N2S. The Hall–Kier alpha value is 0.200. The second-order valence-electron chi connectivity index (χ2n) is 4.90. The number of thiophene rings is 1. The van der Waals surface area contributed by atoms with Crippen molar-refractivity contribution in [1.29, 1.82) is 0 Å². The molecule has 5 heteroatoms. The molecule has 2 aliphatic rings. The van der Waals surface area contributed by atoms with Gasteiger partial charge in [-0.05, 0) is 36.8 Å². The third kappa shape index (κ3) is 2.36. The van der Waals surface area contributed by atoms with E-state index in [1.807, 2.05) is 0 Å². The van der Waals surface area contributed by atoms with Crippen molar-refractivity contribution in [2.24, 2.45) is 0 Å². The zero-order valence-corrected chi connectivity index (χ0v) is 11.9. The van der Waals surface area contributed by atoms with E-state index in [1.165, 1.54) is 36.2 Å². The molecule has 2 bridgehead atoms. The van der Waals surface area contributed by atoms with Crippen molar-refractivity contribution in [3.63, 3.8) is 0 Å². The molecule has 94 valence electrons. The minimum Gasteiger partial charge on any atom is -0.315 e. The maximum Gasteiger partial charge on any atom is 0.112 e. The summed E-state index contributed by atoms with van der Waals surface area (Å²) in [5.74, 6) is 0. The lowest BCUT2D eigenvalue weighted by Gasteiger charge is -2.27. The number of hydrogen-bond acceptors (Lipinski definition) is 3. The van der Waals surface area contributed by atoms with Crippen LogP contribution in [0, 0.1) is 0 Å². The molecule has 3 heterocycles. The van der Waals surface area contributed by atoms with Crippen molar-refractivity contribution in [3.8, 4) is 0 Å². The molecule has 1 N–H and O–H groups in total. The molecule has 17 heavy (non-hydrogen) atoms. The topological polar surface area (TPSA) is 15.3 Å². The van der Waals surface area contributed by atoms with Crippen molar-refractivity contribution >= 4 is 34.5 Å². The summed E-state index contributed by atoms with van der Waals surface area (Å²) in [6, 6.07) is 1.40. The fourth-order valence-corrected chi connectivity index (χ4v) is 4.24. The Kier molecular flexibility index (Phi) is 3.64. The van der Waals surface area contributed by atoms with E-state index in [4.69, 9.17) is 23.2 Å². The second kappa shape index (κ2) is 5.06. The summed E-state index contributed by atoms with van der Waals surface area (Å²) in [6.07, 6.45) is 3.90. The predicted molar refractivity (Wildman–Crippen MR) is 74.2 cm³/mol. The highest BCUT2D eigenvalue weighted by Gasteiger charge is 2.35. The molecule has 0 amide bonds. The SMILES string of the molecule is Clc1scc(CN2C3CCNCC2CC3)c1Cl. The van der Waals surface area contributed by atoms with Gasteiger partial charge in [-0.25, -0.2) is 0 Å². The third-order valence-corrected chi connectivity index (χ3v) is 5.83. The Morgan fingerprint density at radius 3 is 2.88 bits per heavy atom. The van der Waals surface area contributed by atoms with Crippen LogP contribution in [0.1, 0.15) is 24.8 Å². The fraction of sp³-hybridized carbons (Fsp3) is 0.667. The molecule has 2 atom stereocenters. The first-order chi connectivity index (χ1) is 8.25. The van der Waals surface area contributed by atoms with Gasteiger partial charge in [0, 0.05) is 25.2 Å². The van der Waals surface area contributed by atoms with E-state index in [0.29, 0.717) is 6.04 Å². The van der Waals surface area contributed by atoms with Crippen molar-refractivity contribution in [1.82, 2.24) is 10.2 Å². The molecule has 0 saturated carbocycles. The van der Waals surface area contributed by atoms with Crippen LogP contribution in [0.15, 0.2) is 5.38 Å². The Morgan fingerprint density at radius 1 is 1.29 bits per heavy atom. The van der Waals surface area contributed by atoms with Crippen molar-refractivity contribution in [2.45, 2.75) is 37.9 Å². The van der Waals surface area contributed by atoms with E-state index in [1.54, 1.807) is 0 Å². The molecule has 2 aliphatic heterocycles. The van der Waals surface area contributed by atoms with Crippen molar-refractivity contribution in [3.05, 3.63) is 20.3 Å². The van der Waals surface area contributed by atoms with Crippen LogP contribution in [0.2, 0.25) is 9.36 Å². The Labute approximate surface area is 116 Å². The third-order valence-electron chi connectivity index (χ3n) is 3.92. The van der Waals surface area contributed by atoms with E-state index >= 15 is 0 Å². The molecule has 0 radical (unpaired) electrons. The van der Waals surface area contributed by atoms with E-state index in [9.17, 15) is 0 Å². The summed E-state index contributed by atoms with van der Waals surface area (Å²) >= 11 is 13.8. The van der Waals surface area contributed by atoms with Gasteiger partial charge in [0.05, 0.1) is 5.02 Å². The summed E-state index contributed by atoms with van der Waals surface area (Å²) in [5, 5.41) is 6.37. The number of rotatable bonds is 2. The maximum absolute atomic E-state index is 6.22. The van der Waals surface area contributed by atoms with Gasteiger partial charge in [-0.3, -0.25) is 4.90 Å². The minimum absolute atomic E-state index is 0.678. The number of nitrogens with one attached hydrogen (secondary N) is 1. The van der Waals surface area contributed by atoms with Crippen LogP contribution >= 0.6 is 34.5 Å². The standard InChI is InChI=1S/C12H16Cl2N2S/c13-11-8(7-17-12(11)14)6-16-9-1-2-10(16)5-15-4-3-9/h7,9-10,15H,1-6H2. The summed E-state index contributed by atoms with van der Waals surface area (Å²) in [7, 11) is 0. The number of halogens is 2. The number of fused-ring (bicyclic) bond motifs is 2. The predicted octanol–water partition coefficient (Wildman–Crippen LogP) is 3.38. The highest BCUT2D eigenvalue weighted by atomic mass is 35.5.